The van der Waals surface area contributed by atoms with Crippen LogP contribution in [0.5, 0.6) is 0 Å². The Kier molecular flexibility index (Phi) is 11.1. The summed E-state index contributed by atoms with van der Waals surface area (Å²) in [5.74, 6) is 2.16. The van der Waals surface area contributed by atoms with E-state index in [1.165, 1.54) is 33.9 Å². The molecular weight excluding hydrogens is 517 g/mol. The molecule has 0 aliphatic rings. The van der Waals surface area contributed by atoms with E-state index in [2.05, 4.69) is 150 Å². The molecule has 0 amide bonds. The van der Waals surface area contributed by atoms with Crippen LogP contribution in [0.1, 0.15) is 22.5 Å². The molecule has 0 saturated heterocycles. The van der Waals surface area contributed by atoms with Crippen LogP contribution in [-0.4, -0.2) is 31.6 Å². The fourth-order valence-electron chi connectivity index (χ4n) is 3.99. The first-order valence-electron chi connectivity index (χ1n) is 13.2. The second-order valence-electron chi connectivity index (χ2n) is 9.35. The molecule has 2 aromatic carbocycles. The lowest BCUT2D eigenvalue weighted by molar-refractivity contribution is -0.673. The molecule has 2 heterocycles. The van der Waals surface area contributed by atoms with E-state index in [-0.39, 0.29) is 0 Å². The lowest BCUT2D eigenvalue weighted by Crippen LogP contribution is -2.30. The number of aromatic nitrogens is 2. The molecule has 0 saturated carbocycles. The second kappa shape index (κ2) is 15.2. The van der Waals surface area contributed by atoms with Gasteiger partial charge in [0, 0.05) is 79.4 Å². The van der Waals surface area contributed by atoms with Crippen LogP contribution < -0.4 is 19.4 Å². The van der Waals surface area contributed by atoms with Crippen molar-refractivity contribution >= 4 is 57.3 Å². The molecule has 0 atom stereocenters. The van der Waals surface area contributed by atoms with Crippen molar-refractivity contribution in [1.29, 1.82) is 0 Å². The Labute approximate surface area is 241 Å². The van der Waals surface area contributed by atoms with E-state index < -0.39 is 0 Å². The van der Waals surface area contributed by atoms with E-state index in [1.807, 2.05) is 33.7 Å². The molecule has 200 valence electrons. The van der Waals surface area contributed by atoms with E-state index >= 15 is 0 Å². The summed E-state index contributed by atoms with van der Waals surface area (Å²) in [6.45, 7) is 1.98. The van der Waals surface area contributed by atoms with Gasteiger partial charge in [-0.15, -0.1) is 0 Å². The molecule has 0 fully saturated rings. The van der Waals surface area contributed by atoms with Crippen molar-refractivity contribution in [3.63, 3.8) is 0 Å². The van der Waals surface area contributed by atoms with Crippen LogP contribution >= 0.6 is 21.6 Å². The lowest BCUT2D eigenvalue weighted by Gasteiger charge is -2.19. The van der Waals surface area contributed by atoms with Crippen molar-refractivity contribution in [3.8, 4) is 0 Å². The third-order valence-electron chi connectivity index (χ3n) is 6.44. The van der Waals surface area contributed by atoms with Crippen molar-refractivity contribution < 1.29 is 9.13 Å². The summed E-state index contributed by atoms with van der Waals surface area (Å²) in [7, 11) is 10.2. The minimum absolute atomic E-state index is 0.957. The van der Waals surface area contributed by atoms with Gasteiger partial charge in [0.1, 0.15) is 14.1 Å². The van der Waals surface area contributed by atoms with E-state index in [9.17, 15) is 0 Å². The van der Waals surface area contributed by atoms with Crippen molar-refractivity contribution in [2.75, 3.05) is 41.9 Å². The highest BCUT2D eigenvalue weighted by Gasteiger charge is 2.03. The normalized spacial score (nSPS) is 11.4. The summed E-state index contributed by atoms with van der Waals surface area (Å²) in [5.41, 5.74) is 7.19. The van der Waals surface area contributed by atoms with Gasteiger partial charge in [0.2, 0.25) is 11.4 Å². The van der Waals surface area contributed by atoms with Gasteiger partial charge in [0.05, 0.1) is 0 Å². The highest BCUT2D eigenvalue weighted by Crippen LogP contribution is 2.22. The Bertz CT molecular complexity index is 1370. The highest BCUT2D eigenvalue weighted by atomic mass is 33.1. The second-order valence-corrected chi connectivity index (χ2v) is 12.0. The standard InChI is InChI=1S/C33H37N4S2/c1-35-23-6-4-8-31(35)18-12-28-10-16-30(17-11-28)34-22-26-38-39-27-25-37(3)33-20-14-29(15-21-33)13-19-32-9-5-7-24-36(32)2/h4-21,23-24H,22,25-27H2,1-3H3/q+1/p+1. The first kappa shape index (κ1) is 28.5. The van der Waals surface area contributed by atoms with E-state index in [0.29, 0.717) is 0 Å². The van der Waals surface area contributed by atoms with Gasteiger partial charge in [-0.05, 0) is 59.7 Å². The zero-order valence-electron chi connectivity index (χ0n) is 23.0. The van der Waals surface area contributed by atoms with Crippen molar-refractivity contribution in [2.24, 2.45) is 14.1 Å². The Balaban J connectivity index is 1.10. The Morgan fingerprint density at radius 1 is 0.667 bits per heavy atom. The average Bonchev–Trinajstić information content (AvgIpc) is 2.96. The summed E-state index contributed by atoms with van der Waals surface area (Å²) in [5, 5.41) is 3.53. The zero-order valence-corrected chi connectivity index (χ0v) is 24.7. The summed E-state index contributed by atoms with van der Waals surface area (Å²) in [6, 6.07) is 29.8. The zero-order chi connectivity index (χ0) is 27.3. The van der Waals surface area contributed by atoms with Crippen molar-refractivity contribution in [3.05, 3.63) is 120 Å². The number of hydrogen-bond donors (Lipinski definition) is 1. The number of rotatable bonds is 13. The fraction of sp³-hybridized carbons (Fsp3) is 0.212. The van der Waals surface area contributed by atoms with Crippen molar-refractivity contribution in [1.82, 2.24) is 0 Å². The molecule has 4 aromatic rings. The van der Waals surface area contributed by atoms with Gasteiger partial charge >= 0.3 is 0 Å². The molecule has 0 bridgehead atoms. The predicted molar refractivity (Wildman–Crippen MR) is 173 cm³/mol. The van der Waals surface area contributed by atoms with Gasteiger partial charge in [-0.1, -0.05) is 45.9 Å². The van der Waals surface area contributed by atoms with Gasteiger partial charge in [0.15, 0.2) is 12.4 Å². The molecule has 4 nitrogen and oxygen atoms in total. The Hall–Kier alpha value is -3.48. The molecular formula is C33H38N4S2+2. The predicted octanol–water partition coefficient (Wildman–Crippen LogP) is 6.61. The third kappa shape index (κ3) is 9.34. The number of nitrogens with zero attached hydrogens (tertiary/aromatic N) is 3. The number of benzene rings is 2. The van der Waals surface area contributed by atoms with E-state index in [4.69, 9.17) is 0 Å². The maximum absolute atomic E-state index is 3.53. The maximum Gasteiger partial charge on any atom is 0.204 e. The largest absolute Gasteiger partial charge is 0.384 e. The van der Waals surface area contributed by atoms with Crippen LogP contribution in [0, 0.1) is 0 Å². The van der Waals surface area contributed by atoms with Gasteiger partial charge in [-0.25, -0.2) is 9.13 Å². The molecule has 1 N–H and O–H groups in total. The summed E-state index contributed by atoms with van der Waals surface area (Å²) in [4.78, 5) is 2.32. The third-order valence-corrected chi connectivity index (χ3v) is 8.82. The van der Waals surface area contributed by atoms with Gasteiger partial charge < -0.3 is 10.2 Å². The first-order chi connectivity index (χ1) is 19.1. The molecule has 0 aliphatic carbocycles. The van der Waals surface area contributed by atoms with E-state index in [1.54, 1.807) is 0 Å². The van der Waals surface area contributed by atoms with Crippen LogP contribution in [-0.2, 0) is 14.1 Å². The molecule has 0 unspecified atom stereocenters. The van der Waals surface area contributed by atoms with Crippen LogP contribution in [0.3, 0.4) is 0 Å². The molecule has 2 aromatic heterocycles. The molecule has 39 heavy (non-hydrogen) atoms. The highest BCUT2D eigenvalue weighted by molar-refractivity contribution is 8.76. The average molecular weight is 555 g/mol. The summed E-state index contributed by atoms with van der Waals surface area (Å²) < 4.78 is 4.23. The van der Waals surface area contributed by atoms with Crippen LogP contribution in [0.15, 0.2) is 97.3 Å². The quantitative estimate of drug-likeness (QED) is 0.114. The maximum atomic E-state index is 3.53. The summed E-state index contributed by atoms with van der Waals surface area (Å²) >= 11 is 0. The van der Waals surface area contributed by atoms with Crippen molar-refractivity contribution in [2.45, 2.75) is 0 Å². The minimum Gasteiger partial charge on any atom is -0.384 e. The molecule has 6 heteroatoms. The Morgan fingerprint density at radius 2 is 1.21 bits per heavy atom. The molecule has 0 spiro atoms. The monoisotopic (exact) mass is 554 g/mol. The van der Waals surface area contributed by atoms with Crippen LogP contribution in [0.4, 0.5) is 11.4 Å². The van der Waals surface area contributed by atoms with Gasteiger partial charge in [-0.2, -0.15) is 0 Å². The molecule has 0 aliphatic heterocycles. The fourth-order valence-corrected chi connectivity index (χ4v) is 5.94. The number of aryl methyl sites for hydroxylation is 2. The summed E-state index contributed by atoms with van der Waals surface area (Å²) in [6.07, 6.45) is 12.7. The molecule has 0 radical (unpaired) electrons. The lowest BCUT2D eigenvalue weighted by atomic mass is 10.1. The first-order valence-corrected chi connectivity index (χ1v) is 15.7. The topological polar surface area (TPSA) is 23.0 Å². The smallest absolute Gasteiger partial charge is 0.204 e. The number of nitrogens with one attached hydrogen (secondary N) is 1. The van der Waals surface area contributed by atoms with Crippen LogP contribution in [0.25, 0.3) is 24.3 Å². The number of anilines is 2. The van der Waals surface area contributed by atoms with Crippen LogP contribution in [0.2, 0.25) is 0 Å². The van der Waals surface area contributed by atoms with E-state index in [0.717, 1.165) is 24.6 Å². The number of pyridine rings is 2. The molecule has 4 rings (SSSR count). The Morgan fingerprint density at radius 3 is 1.77 bits per heavy atom. The minimum atomic E-state index is 0.957. The number of hydrogen-bond acceptors (Lipinski definition) is 4. The SMILES string of the molecule is CN(CCSSCCNc1ccc(/C=C/c2cccc[n+]2C)cc1)c1ccc(/C=C/c2cccc[n+]2C)cc1. The van der Waals surface area contributed by atoms with Gasteiger partial charge in [-0.3, -0.25) is 0 Å². The van der Waals surface area contributed by atoms with Gasteiger partial charge in [0.25, 0.3) is 0 Å².